The van der Waals surface area contributed by atoms with Crippen molar-refractivity contribution in [1.82, 2.24) is 5.32 Å². The van der Waals surface area contributed by atoms with E-state index in [4.69, 9.17) is 4.74 Å². The second kappa shape index (κ2) is 7.47. The molecule has 0 atom stereocenters. The smallest absolute Gasteiger partial charge is 0.261 e. The van der Waals surface area contributed by atoms with Crippen molar-refractivity contribution in [3.05, 3.63) is 16.5 Å². The zero-order chi connectivity index (χ0) is 16.2. The maximum Gasteiger partial charge on any atom is 0.261 e. The monoisotopic (exact) mass is 324 g/mol. The number of carbonyl (C=O) groups is 1. The lowest BCUT2D eigenvalue weighted by Gasteiger charge is -2.24. The van der Waals surface area contributed by atoms with E-state index in [1.165, 1.54) is 23.4 Å². The maximum atomic E-state index is 12.5. The van der Waals surface area contributed by atoms with Gasteiger partial charge in [0.15, 0.2) is 0 Å². The van der Waals surface area contributed by atoms with Crippen molar-refractivity contribution in [3.63, 3.8) is 0 Å². The summed E-state index contributed by atoms with van der Waals surface area (Å²) in [4.78, 5) is 15.7. The van der Waals surface area contributed by atoms with E-state index in [0.29, 0.717) is 0 Å². The summed E-state index contributed by atoms with van der Waals surface area (Å²) in [5, 5.41) is 4.39. The van der Waals surface area contributed by atoms with Crippen molar-refractivity contribution in [3.8, 4) is 0 Å². The molecule has 2 rings (SSSR count). The van der Waals surface area contributed by atoms with Gasteiger partial charge in [-0.25, -0.2) is 0 Å². The number of methoxy groups -OCH3 is 1. The summed E-state index contributed by atoms with van der Waals surface area (Å²) in [7, 11) is 1.73. The molecule has 22 heavy (non-hydrogen) atoms. The van der Waals surface area contributed by atoms with Crippen LogP contribution in [0.3, 0.4) is 0 Å². The maximum absolute atomic E-state index is 12.5. The van der Waals surface area contributed by atoms with Gasteiger partial charge >= 0.3 is 0 Å². The molecule has 0 unspecified atom stereocenters. The third kappa shape index (κ3) is 4.23. The van der Waals surface area contributed by atoms with Gasteiger partial charge in [-0.05, 0) is 51.2 Å². The minimum Gasteiger partial charge on any atom is -0.383 e. The summed E-state index contributed by atoms with van der Waals surface area (Å²) in [6.07, 6.45) is 4.38. The van der Waals surface area contributed by atoms with Crippen LogP contribution in [0.25, 0.3) is 0 Å². The summed E-state index contributed by atoms with van der Waals surface area (Å²) < 4.78 is 5.22. The molecule has 4 nitrogen and oxygen atoms in total. The lowest BCUT2D eigenvalue weighted by atomic mass is 10.0. The van der Waals surface area contributed by atoms with Crippen molar-refractivity contribution in [2.24, 2.45) is 0 Å². The molecule has 124 valence electrons. The van der Waals surface area contributed by atoms with Gasteiger partial charge < -0.3 is 15.0 Å². The summed E-state index contributed by atoms with van der Waals surface area (Å²) in [5.74, 6) is 0.0524. The zero-order valence-electron chi connectivity index (χ0n) is 14.2. The molecule has 0 saturated heterocycles. The predicted octanol–water partition coefficient (Wildman–Crippen LogP) is 3.46. The van der Waals surface area contributed by atoms with Crippen molar-refractivity contribution < 1.29 is 9.53 Å². The molecule has 0 saturated carbocycles. The molecule has 1 amide bonds. The number of nitrogens with zero attached hydrogens (tertiary/aromatic N) is 1. The molecular formula is C17H28N2O2S. The summed E-state index contributed by atoms with van der Waals surface area (Å²) in [6, 6.07) is 2.09. The SMILES string of the molecule is CCC(C)(C)NC(=O)c1cc2c(s1)N(CCOC)CCCC2. The highest BCUT2D eigenvalue weighted by Crippen LogP contribution is 2.35. The van der Waals surface area contributed by atoms with Crippen LogP contribution in [-0.4, -0.2) is 38.3 Å². The lowest BCUT2D eigenvalue weighted by molar-refractivity contribution is 0.0915. The molecule has 0 aliphatic carbocycles. The Bertz CT molecular complexity index is 511. The molecule has 0 spiro atoms. The number of hydrogen-bond acceptors (Lipinski definition) is 4. The number of carbonyl (C=O) groups excluding carboxylic acids is 1. The minimum absolute atomic E-state index is 0.0524. The van der Waals surface area contributed by atoms with Crippen LogP contribution in [0, 0.1) is 0 Å². The van der Waals surface area contributed by atoms with E-state index < -0.39 is 0 Å². The number of anilines is 1. The number of hydrogen-bond donors (Lipinski definition) is 1. The Morgan fingerprint density at radius 2 is 2.23 bits per heavy atom. The van der Waals surface area contributed by atoms with E-state index in [1.54, 1.807) is 18.4 Å². The molecule has 0 fully saturated rings. The number of aryl methyl sites for hydroxylation is 1. The summed E-state index contributed by atoms with van der Waals surface area (Å²) in [5.41, 5.74) is 1.16. The van der Waals surface area contributed by atoms with Crippen LogP contribution in [0.15, 0.2) is 6.07 Å². The highest BCUT2D eigenvalue weighted by atomic mass is 32.1. The first-order valence-corrected chi connectivity index (χ1v) is 8.97. The lowest BCUT2D eigenvalue weighted by Crippen LogP contribution is -2.42. The van der Waals surface area contributed by atoms with E-state index >= 15 is 0 Å². The van der Waals surface area contributed by atoms with Crippen LogP contribution in [0.4, 0.5) is 5.00 Å². The fourth-order valence-electron chi connectivity index (χ4n) is 2.57. The van der Waals surface area contributed by atoms with Gasteiger partial charge in [0, 0.05) is 25.7 Å². The Labute approximate surface area is 137 Å². The summed E-state index contributed by atoms with van der Waals surface area (Å²) in [6.45, 7) is 8.89. The average molecular weight is 324 g/mol. The van der Waals surface area contributed by atoms with Crippen molar-refractivity contribution >= 4 is 22.2 Å². The van der Waals surface area contributed by atoms with Gasteiger partial charge in [-0.15, -0.1) is 11.3 Å². The molecule has 0 bridgehead atoms. The number of fused-ring (bicyclic) bond motifs is 1. The Balaban J connectivity index is 2.17. The number of nitrogens with one attached hydrogen (secondary N) is 1. The Hall–Kier alpha value is -1.07. The van der Waals surface area contributed by atoms with E-state index in [0.717, 1.165) is 37.4 Å². The minimum atomic E-state index is -0.159. The van der Waals surface area contributed by atoms with Crippen LogP contribution in [0.1, 0.15) is 55.3 Å². The standard InChI is InChI=1S/C17H28N2O2S/c1-5-17(2,3)18-15(20)14-12-13-8-6-7-9-19(10-11-21-4)16(13)22-14/h12H,5-11H2,1-4H3,(H,18,20). The Morgan fingerprint density at radius 3 is 2.91 bits per heavy atom. The summed E-state index contributed by atoms with van der Waals surface area (Å²) >= 11 is 1.62. The topological polar surface area (TPSA) is 41.6 Å². The first kappa shape index (κ1) is 17.3. The molecule has 1 aliphatic heterocycles. The van der Waals surface area contributed by atoms with E-state index in [2.05, 4.69) is 37.1 Å². The Morgan fingerprint density at radius 1 is 1.45 bits per heavy atom. The van der Waals surface area contributed by atoms with Crippen LogP contribution in [0.2, 0.25) is 0 Å². The average Bonchev–Trinajstić information content (AvgIpc) is 2.82. The molecule has 2 heterocycles. The van der Waals surface area contributed by atoms with Crippen LogP contribution < -0.4 is 10.2 Å². The number of amides is 1. The van der Waals surface area contributed by atoms with Gasteiger partial charge in [0.25, 0.3) is 5.91 Å². The molecule has 1 aromatic rings. The number of rotatable bonds is 6. The highest BCUT2D eigenvalue weighted by Gasteiger charge is 2.24. The number of thiophene rings is 1. The molecule has 1 aromatic heterocycles. The first-order valence-electron chi connectivity index (χ1n) is 8.16. The first-order chi connectivity index (χ1) is 10.5. The number of ether oxygens (including phenoxy) is 1. The van der Waals surface area contributed by atoms with Gasteiger partial charge in [-0.2, -0.15) is 0 Å². The molecular weight excluding hydrogens is 296 g/mol. The van der Waals surface area contributed by atoms with Crippen molar-refractivity contribution in [2.75, 3.05) is 31.7 Å². The molecule has 1 N–H and O–H groups in total. The van der Waals surface area contributed by atoms with E-state index in [-0.39, 0.29) is 11.4 Å². The fourth-order valence-corrected chi connectivity index (χ4v) is 3.73. The third-order valence-corrected chi connectivity index (χ3v) is 5.56. The van der Waals surface area contributed by atoms with Gasteiger partial charge in [0.1, 0.15) is 0 Å². The normalized spacial score (nSPS) is 15.4. The largest absolute Gasteiger partial charge is 0.383 e. The second-order valence-corrected chi connectivity index (χ2v) is 7.60. The van der Waals surface area contributed by atoms with Gasteiger partial charge in [0.05, 0.1) is 16.5 Å². The fraction of sp³-hybridized carbons (Fsp3) is 0.706. The van der Waals surface area contributed by atoms with Crippen LogP contribution in [0.5, 0.6) is 0 Å². The predicted molar refractivity (Wildman–Crippen MR) is 93.2 cm³/mol. The van der Waals surface area contributed by atoms with Crippen molar-refractivity contribution in [2.45, 2.75) is 52.0 Å². The molecule has 0 aromatic carbocycles. The van der Waals surface area contributed by atoms with Gasteiger partial charge in [-0.1, -0.05) is 6.92 Å². The Kier molecular flexibility index (Phi) is 5.87. The molecule has 0 radical (unpaired) electrons. The van der Waals surface area contributed by atoms with Crippen molar-refractivity contribution in [1.29, 1.82) is 0 Å². The molecule has 1 aliphatic rings. The quantitative estimate of drug-likeness (QED) is 0.871. The second-order valence-electron chi connectivity index (χ2n) is 6.57. The van der Waals surface area contributed by atoms with Gasteiger partial charge in [0.2, 0.25) is 0 Å². The third-order valence-electron chi connectivity index (χ3n) is 4.32. The zero-order valence-corrected chi connectivity index (χ0v) is 15.0. The van der Waals surface area contributed by atoms with E-state index in [1.807, 2.05) is 0 Å². The molecule has 5 heteroatoms. The van der Waals surface area contributed by atoms with Crippen LogP contribution in [-0.2, 0) is 11.2 Å². The van der Waals surface area contributed by atoms with Gasteiger partial charge in [-0.3, -0.25) is 4.79 Å². The highest BCUT2D eigenvalue weighted by molar-refractivity contribution is 7.18. The van der Waals surface area contributed by atoms with E-state index in [9.17, 15) is 4.79 Å². The van der Waals surface area contributed by atoms with Crippen LogP contribution >= 0.6 is 11.3 Å².